The van der Waals surface area contributed by atoms with E-state index in [1.54, 1.807) is 77.5 Å². The molecule has 0 saturated carbocycles. The van der Waals surface area contributed by atoms with Gasteiger partial charge in [-0.2, -0.15) is 4.68 Å². The van der Waals surface area contributed by atoms with Crippen LogP contribution in [0, 0.1) is 0 Å². The minimum absolute atomic E-state index is 0.0496. The number of carbonyl (C=O) groups is 2. The fraction of sp³-hybridized carbons (Fsp3) is 0.182. The first-order chi connectivity index (χ1) is 22.0. The van der Waals surface area contributed by atoms with Crippen LogP contribution in [0.5, 0.6) is 5.75 Å². The number of benzene rings is 4. The standard InChI is InChI=1S/C33H27N5O6S/c39-18-20-5-7-21(8-6-20)29-17-26(19-45-33-34-35-36-38(33)24-13-15-25(40)16-14-24)43-32(44-29)22-9-11-23(12-10-22)37-30(41)27-3-1-2-4-28(27)31(37)42/h1-16,26,29,32,39-40H,17-19H2/t26-,29+,32+/m1/s1. The minimum Gasteiger partial charge on any atom is -0.508 e. The molecule has 0 unspecified atom stereocenters. The maximum atomic E-state index is 13.0. The molecule has 7 rings (SSSR count). The number of ether oxygens (including phenoxy) is 2. The van der Waals surface area contributed by atoms with Crippen LogP contribution in [-0.2, 0) is 16.1 Å². The number of carbonyl (C=O) groups excluding carboxylic acids is 2. The second kappa shape index (κ2) is 12.3. The summed E-state index contributed by atoms with van der Waals surface area (Å²) in [7, 11) is 0. The van der Waals surface area contributed by atoms with Crippen molar-refractivity contribution in [2.75, 3.05) is 10.7 Å². The summed E-state index contributed by atoms with van der Waals surface area (Å²) in [5.41, 5.74) is 4.44. The van der Waals surface area contributed by atoms with Gasteiger partial charge >= 0.3 is 0 Å². The van der Waals surface area contributed by atoms with E-state index in [1.165, 1.54) is 16.7 Å². The van der Waals surface area contributed by atoms with Gasteiger partial charge in [-0.25, -0.2) is 4.90 Å². The molecule has 226 valence electrons. The lowest BCUT2D eigenvalue weighted by Gasteiger charge is -2.36. The molecule has 2 N–H and O–H groups in total. The maximum Gasteiger partial charge on any atom is 0.266 e. The number of fused-ring (bicyclic) bond motifs is 1. The Balaban J connectivity index is 1.12. The number of hydrogen-bond donors (Lipinski definition) is 2. The molecular weight excluding hydrogens is 594 g/mol. The first-order valence-corrected chi connectivity index (χ1v) is 15.3. The van der Waals surface area contributed by atoms with Crippen LogP contribution in [0.25, 0.3) is 5.69 Å². The van der Waals surface area contributed by atoms with Gasteiger partial charge < -0.3 is 19.7 Å². The largest absolute Gasteiger partial charge is 0.508 e. The predicted molar refractivity (Wildman–Crippen MR) is 164 cm³/mol. The van der Waals surface area contributed by atoms with Crippen LogP contribution < -0.4 is 4.90 Å². The van der Waals surface area contributed by atoms with Crippen molar-refractivity contribution in [2.24, 2.45) is 0 Å². The van der Waals surface area contributed by atoms with Gasteiger partial charge in [-0.05, 0) is 70.1 Å². The second-order valence-electron chi connectivity index (χ2n) is 10.6. The number of hydrogen-bond acceptors (Lipinski definition) is 10. The van der Waals surface area contributed by atoms with Crippen molar-refractivity contribution >= 4 is 29.3 Å². The Morgan fingerprint density at radius 3 is 2.11 bits per heavy atom. The van der Waals surface area contributed by atoms with E-state index in [0.717, 1.165) is 16.7 Å². The van der Waals surface area contributed by atoms with E-state index < -0.39 is 6.29 Å². The van der Waals surface area contributed by atoms with Crippen molar-refractivity contribution in [1.29, 1.82) is 0 Å². The van der Waals surface area contributed by atoms with E-state index in [-0.39, 0.29) is 36.4 Å². The summed E-state index contributed by atoms with van der Waals surface area (Å²) in [6.07, 6.45) is -0.713. The van der Waals surface area contributed by atoms with Gasteiger partial charge in [-0.3, -0.25) is 9.59 Å². The molecule has 1 fully saturated rings. The second-order valence-corrected chi connectivity index (χ2v) is 11.6. The number of thioether (sulfide) groups is 1. The molecule has 5 aromatic rings. The molecular formula is C33H27N5O6S. The Morgan fingerprint density at radius 2 is 1.44 bits per heavy atom. The van der Waals surface area contributed by atoms with Crippen molar-refractivity contribution in [1.82, 2.24) is 20.2 Å². The van der Waals surface area contributed by atoms with Gasteiger partial charge in [0.05, 0.1) is 41.3 Å². The molecule has 0 radical (unpaired) electrons. The molecule has 3 atom stereocenters. The molecule has 1 aromatic heterocycles. The van der Waals surface area contributed by atoms with E-state index in [0.29, 0.717) is 39.8 Å². The SMILES string of the molecule is O=C1c2ccccc2C(=O)N1c1ccc([C@H]2O[C@@H](CSc3nnnn3-c3ccc(O)cc3)C[C@@H](c3ccc(CO)cc3)O2)cc1. The third-order valence-corrected chi connectivity index (χ3v) is 8.82. The molecule has 0 bridgehead atoms. The molecule has 3 heterocycles. The highest BCUT2D eigenvalue weighted by Gasteiger charge is 2.37. The lowest BCUT2D eigenvalue weighted by atomic mass is 10.0. The van der Waals surface area contributed by atoms with Crippen LogP contribution in [0.15, 0.2) is 102 Å². The Hall–Kier alpha value is -4.88. The Bertz CT molecular complexity index is 1810. The van der Waals surface area contributed by atoms with Gasteiger partial charge in [0, 0.05) is 17.7 Å². The average molecular weight is 622 g/mol. The monoisotopic (exact) mass is 621 g/mol. The van der Waals surface area contributed by atoms with E-state index in [1.807, 2.05) is 24.3 Å². The molecule has 45 heavy (non-hydrogen) atoms. The molecule has 0 aliphatic carbocycles. The number of amides is 2. The third kappa shape index (κ3) is 5.71. The van der Waals surface area contributed by atoms with E-state index in [9.17, 15) is 19.8 Å². The van der Waals surface area contributed by atoms with Crippen LogP contribution in [0.3, 0.4) is 0 Å². The highest BCUT2D eigenvalue weighted by molar-refractivity contribution is 7.99. The maximum absolute atomic E-state index is 13.0. The van der Waals surface area contributed by atoms with Crippen LogP contribution >= 0.6 is 11.8 Å². The minimum atomic E-state index is -0.726. The molecule has 11 nitrogen and oxygen atoms in total. The van der Waals surface area contributed by atoms with Gasteiger partial charge in [0.25, 0.3) is 11.8 Å². The zero-order valence-corrected chi connectivity index (χ0v) is 24.6. The number of tetrazole rings is 1. The number of aromatic hydroxyl groups is 1. The quantitative estimate of drug-likeness (QED) is 0.180. The zero-order valence-electron chi connectivity index (χ0n) is 23.8. The zero-order chi connectivity index (χ0) is 30.9. The number of nitrogens with zero attached hydrogens (tertiary/aromatic N) is 5. The highest BCUT2D eigenvalue weighted by Crippen LogP contribution is 2.40. The third-order valence-electron chi connectivity index (χ3n) is 7.77. The Kier molecular flexibility index (Phi) is 7.86. The van der Waals surface area contributed by atoms with Gasteiger partial charge in [-0.1, -0.05) is 60.3 Å². The van der Waals surface area contributed by atoms with Crippen molar-refractivity contribution in [3.05, 3.63) is 125 Å². The molecule has 0 spiro atoms. The van der Waals surface area contributed by atoms with E-state index >= 15 is 0 Å². The van der Waals surface area contributed by atoms with Crippen molar-refractivity contribution in [3.8, 4) is 11.4 Å². The normalized spacial score (nSPS) is 19.6. The van der Waals surface area contributed by atoms with Gasteiger partial charge in [0.2, 0.25) is 5.16 Å². The van der Waals surface area contributed by atoms with Gasteiger partial charge in [-0.15, -0.1) is 5.10 Å². The molecule has 1 saturated heterocycles. The molecule has 4 aromatic carbocycles. The van der Waals surface area contributed by atoms with Crippen LogP contribution in [-0.4, -0.2) is 54.1 Å². The van der Waals surface area contributed by atoms with Crippen LogP contribution in [0.1, 0.15) is 56.2 Å². The number of phenolic OH excluding ortho intramolecular Hbond substituents is 1. The van der Waals surface area contributed by atoms with Crippen molar-refractivity contribution < 1.29 is 29.3 Å². The summed E-state index contributed by atoms with van der Waals surface area (Å²) >= 11 is 1.44. The molecule has 2 aliphatic heterocycles. The smallest absolute Gasteiger partial charge is 0.266 e. The molecule has 12 heteroatoms. The fourth-order valence-electron chi connectivity index (χ4n) is 5.42. The highest BCUT2D eigenvalue weighted by atomic mass is 32.2. The number of anilines is 1. The summed E-state index contributed by atoms with van der Waals surface area (Å²) < 4.78 is 14.5. The predicted octanol–water partition coefficient (Wildman–Crippen LogP) is 5.00. The lowest BCUT2D eigenvalue weighted by Crippen LogP contribution is -2.31. The summed E-state index contributed by atoms with van der Waals surface area (Å²) in [5, 5.41) is 31.8. The Labute approximate surface area is 262 Å². The van der Waals surface area contributed by atoms with Gasteiger partial charge in [0.1, 0.15) is 5.75 Å². The van der Waals surface area contributed by atoms with Crippen LogP contribution in [0.4, 0.5) is 5.69 Å². The number of aromatic nitrogens is 4. The summed E-state index contributed by atoms with van der Waals surface area (Å²) in [6.45, 7) is -0.0496. The number of aliphatic hydroxyl groups is 1. The van der Waals surface area contributed by atoms with E-state index in [4.69, 9.17) is 9.47 Å². The molecule has 2 amide bonds. The first kappa shape index (κ1) is 28.9. The number of aliphatic hydroxyl groups excluding tert-OH is 1. The van der Waals surface area contributed by atoms with Gasteiger partial charge in [0.15, 0.2) is 6.29 Å². The summed E-state index contributed by atoms with van der Waals surface area (Å²) in [4.78, 5) is 27.2. The van der Waals surface area contributed by atoms with Crippen molar-refractivity contribution in [2.45, 2.75) is 36.7 Å². The van der Waals surface area contributed by atoms with Crippen LogP contribution in [0.2, 0.25) is 0 Å². The first-order valence-electron chi connectivity index (χ1n) is 14.3. The lowest BCUT2D eigenvalue weighted by molar-refractivity contribution is -0.245. The average Bonchev–Trinajstić information content (AvgIpc) is 3.66. The summed E-state index contributed by atoms with van der Waals surface area (Å²) in [6, 6.07) is 28.1. The van der Waals surface area contributed by atoms with Crippen molar-refractivity contribution in [3.63, 3.8) is 0 Å². The number of imide groups is 1. The Morgan fingerprint density at radius 1 is 0.800 bits per heavy atom. The van der Waals surface area contributed by atoms with E-state index in [2.05, 4.69) is 15.5 Å². The fourth-order valence-corrected chi connectivity index (χ4v) is 6.33. The molecule has 2 aliphatic rings. The summed E-state index contributed by atoms with van der Waals surface area (Å²) in [5.74, 6) is -0.0350. The number of phenols is 1. The number of rotatable bonds is 8. The topological polar surface area (TPSA) is 140 Å².